The summed E-state index contributed by atoms with van der Waals surface area (Å²) >= 11 is 0. The van der Waals surface area contributed by atoms with E-state index in [1.165, 1.54) is 12.1 Å². The van der Waals surface area contributed by atoms with E-state index >= 15 is 0 Å². The summed E-state index contributed by atoms with van der Waals surface area (Å²) in [4.78, 5) is 50.6. The standard InChI is InChI=1S/C22H12O6/c23-19(13-7-3-1-4-8-13)15-11-12-16-18(22(26)28-27-21(16)25)17(15)20(24)14-9-5-2-6-10-14/h1-12H. The second-order valence-electron chi connectivity index (χ2n) is 6.04. The van der Waals surface area contributed by atoms with Crippen molar-refractivity contribution in [1.29, 1.82) is 0 Å². The lowest BCUT2D eigenvalue weighted by atomic mass is 9.90. The summed E-state index contributed by atoms with van der Waals surface area (Å²) in [6.45, 7) is 0. The minimum Gasteiger partial charge on any atom is -0.289 e. The van der Waals surface area contributed by atoms with E-state index in [-0.39, 0.29) is 27.5 Å². The number of ketones is 2. The van der Waals surface area contributed by atoms with Gasteiger partial charge < -0.3 is 0 Å². The third kappa shape index (κ3) is 2.87. The highest BCUT2D eigenvalue weighted by atomic mass is 17.0. The number of hydrogen-bond acceptors (Lipinski definition) is 6. The Morgan fingerprint density at radius 1 is 0.607 bits per heavy atom. The molecule has 1 aromatic heterocycles. The van der Waals surface area contributed by atoms with Crippen molar-refractivity contribution in [3.8, 4) is 0 Å². The molecule has 6 heteroatoms. The summed E-state index contributed by atoms with van der Waals surface area (Å²) in [5, 5.41) is -0.396. The lowest BCUT2D eigenvalue weighted by Gasteiger charge is -2.10. The molecule has 0 aliphatic carbocycles. The maximum Gasteiger partial charge on any atom is 0.387 e. The Labute approximate surface area is 157 Å². The average Bonchev–Trinajstić information content (AvgIpc) is 2.75. The van der Waals surface area contributed by atoms with Crippen LogP contribution in [-0.4, -0.2) is 11.6 Å². The molecule has 0 fully saturated rings. The van der Waals surface area contributed by atoms with Crippen LogP contribution in [0, 0.1) is 0 Å². The maximum absolute atomic E-state index is 13.2. The molecule has 28 heavy (non-hydrogen) atoms. The molecule has 136 valence electrons. The molecule has 0 aliphatic rings. The van der Waals surface area contributed by atoms with Gasteiger partial charge in [-0.3, -0.25) is 9.59 Å². The Morgan fingerprint density at radius 2 is 1.14 bits per heavy atom. The van der Waals surface area contributed by atoms with Gasteiger partial charge >= 0.3 is 11.3 Å². The first-order valence-corrected chi connectivity index (χ1v) is 8.37. The van der Waals surface area contributed by atoms with Crippen LogP contribution in [0.5, 0.6) is 0 Å². The molecule has 0 bridgehead atoms. The van der Waals surface area contributed by atoms with Gasteiger partial charge in [-0.1, -0.05) is 60.7 Å². The summed E-state index contributed by atoms with van der Waals surface area (Å²) in [7, 11) is 0. The SMILES string of the molecule is O=C(c1ccccc1)c1ccc2c(=O)ooc(=O)c2c1C(=O)c1ccccc1. The first-order chi connectivity index (χ1) is 13.6. The smallest absolute Gasteiger partial charge is 0.289 e. The Bertz CT molecular complexity index is 1310. The van der Waals surface area contributed by atoms with Crippen LogP contribution in [0.15, 0.2) is 91.5 Å². The molecule has 0 radical (unpaired) electrons. The van der Waals surface area contributed by atoms with Gasteiger partial charge in [-0.2, -0.15) is 0 Å². The molecule has 6 nitrogen and oxygen atoms in total. The lowest BCUT2D eigenvalue weighted by Crippen LogP contribution is -2.18. The molecule has 0 unspecified atom stereocenters. The molecule has 0 saturated carbocycles. The number of rotatable bonds is 4. The summed E-state index contributed by atoms with van der Waals surface area (Å²) < 4.78 is 8.79. The van der Waals surface area contributed by atoms with Crippen molar-refractivity contribution < 1.29 is 18.7 Å². The molecule has 0 atom stereocenters. The summed E-state index contributed by atoms with van der Waals surface area (Å²) in [6, 6.07) is 19.2. The summed E-state index contributed by atoms with van der Waals surface area (Å²) in [5.74, 6) is -1.02. The number of benzene rings is 3. The molecule has 1 heterocycles. The highest BCUT2D eigenvalue weighted by Crippen LogP contribution is 2.24. The van der Waals surface area contributed by atoms with Gasteiger partial charge in [0.05, 0.1) is 10.8 Å². The maximum atomic E-state index is 13.2. The molecule has 0 amide bonds. The first kappa shape index (κ1) is 17.4. The van der Waals surface area contributed by atoms with E-state index in [1.54, 1.807) is 60.7 Å². The largest absolute Gasteiger partial charge is 0.387 e. The van der Waals surface area contributed by atoms with Crippen LogP contribution in [0.1, 0.15) is 31.8 Å². The molecule has 3 aromatic carbocycles. The fourth-order valence-electron chi connectivity index (χ4n) is 3.05. The van der Waals surface area contributed by atoms with Crippen molar-refractivity contribution in [3.05, 3.63) is 116 Å². The van der Waals surface area contributed by atoms with E-state index in [2.05, 4.69) is 9.15 Å². The second-order valence-corrected chi connectivity index (χ2v) is 6.04. The van der Waals surface area contributed by atoms with E-state index in [4.69, 9.17) is 0 Å². The first-order valence-electron chi connectivity index (χ1n) is 8.37. The number of carbonyl (C=O) groups excluding carboxylic acids is 2. The van der Waals surface area contributed by atoms with E-state index in [0.29, 0.717) is 5.56 Å². The monoisotopic (exact) mass is 372 g/mol. The van der Waals surface area contributed by atoms with Crippen LogP contribution in [0.2, 0.25) is 0 Å². The Kier molecular flexibility index (Phi) is 4.29. The molecule has 4 rings (SSSR count). The predicted molar refractivity (Wildman–Crippen MR) is 101 cm³/mol. The van der Waals surface area contributed by atoms with Gasteiger partial charge in [0.1, 0.15) is 0 Å². The van der Waals surface area contributed by atoms with Crippen LogP contribution < -0.4 is 11.3 Å². The number of fused-ring (bicyclic) bond motifs is 1. The van der Waals surface area contributed by atoms with Gasteiger partial charge in [0.25, 0.3) is 0 Å². The normalized spacial score (nSPS) is 10.7. The van der Waals surface area contributed by atoms with Gasteiger partial charge in [-0.25, -0.2) is 18.7 Å². The molecule has 0 saturated heterocycles. The van der Waals surface area contributed by atoms with Crippen LogP contribution in [0.25, 0.3) is 10.8 Å². The molecular formula is C22H12O6. The zero-order valence-electron chi connectivity index (χ0n) is 14.4. The van der Waals surface area contributed by atoms with Crippen molar-refractivity contribution in [2.24, 2.45) is 0 Å². The summed E-state index contributed by atoms with van der Waals surface area (Å²) in [5.41, 5.74) is -1.47. The third-order valence-electron chi connectivity index (χ3n) is 4.37. The zero-order chi connectivity index (χ0) is 19.7. The topological polar surface area (TPSA) is 94.6 Å². The molecular weight excluding hydrogens is 360 g/mol. The van der Waals surface area contributed by atoms with Gasteiger partial charge in [0.2, 0.25) is 0 Å². The lowest BCUT2D eigenvalue weighted by molar-refractivity contribution is 0.0216. The number of hydrogen-bond donors (Lipinski definition) is 0. The Balaban J connectivity index is 2.07. The van der Waals surface area contributed by atoms with E-state index < -0.39 is 22.8 Å². The minimum atomic E-state index is -1.00. The van der Waals surface area contributed by atoms with Gasteiger partial charge in [0.15, 0.2) is 11.6 Å². The van der Waals surface area contributed by atoms with Crippen molar-refractivity contribution in [1.82, 2.24) is 0 Å². The fourth-order valence-corrected chi connectivity index (χ4v) is 3.05. The van der Waals surface area contributed by atoms with E-state index in [1.807, 2.05) is 0 Å². The van der Waals surface area contributed by atoms with Gasteiger partial charge in [0, 0.05) is 22.3 Å². The fraction of sp³-hybridized carbons (Fsp3) is 0. The van der Waals surface area contributed by atoms with Gasteiger partial charge in [-0.05, 0) is 12.1 Å². The van der Waals surface area contributed by atoms with Crippen molar-refractivity contribution >= 4 is 22.3 Å². The van der Waals surface area contributed by atoms with E-state index in [0.717, 1.165) is 0 Å². The quantitative estimate of drug-likeness (QED) is 0.403. The van der Waals surface area contributed by atoms with Crippen LogP contribution >= 0.6 is 0 Å². The molecule has 0 N–H and O–H groups in total. The Hall–Kier alpha value is -4.06. The van der Waals surface area contributed by atoms with Gasteiger partial charge in [-0.15, -0.1) is 0 Å². The van der Waals surface area contributed by atoms with Crippen LogP contribution in [0.3, 0.4) is 0 Å². The third-order valence-corrected chi connectivity index (χ3v) is 4.37. The van der Waals surface area contributed by atoms with E-state index in [9.17, 15) is 19.2 Å². The highest BCUT2D eigenvalue weighted by Gasteiger charge is 2.26. The second kappa shape index (κ2) is 6.92. The molecule has 0 spiro atoms. The van der Waals surface area contributed by atoms with Crippen LogP contribution in [0.4, 0.5) is 0 Å². The zero-order valence-corrected chi connectivity index (χ0v) is 14.4. The Morgan fingerprint density at radius 3 is 1.75 bits per heavy atom. The van der Waals surface area contributed by atoms with Crippen molar-refractivity contribution in [2.75, 3.05) is 0 Å². The average molecular weight is 372 g/mol. The predicted octanol–water partition coefficient (Wildman–Crippen LogP) is 3.21. The van der Waals surface area contributed by atoms with Crippen molar-refractivity contribution in [3.63, 3.8) is 0 Å². The minimum absolute atomic E-state index is 0.00505. The molecule has 0 aliphatic heterocycles. The van der Waals surface area contributed by atoms with Crippen LogP contribution in [-0.2, 0) is 0 Å². The highest BCUT2D eigenvalue weighted by molar-refractivity contribution is 6.24. The molecule has 4 aromatic rings. The summed E-state index contributed by atoms with van der Waals surface area (Å²) in [6.07, 6.45) is 0. The number of carbonyl (C=O) groups is 2. The van der Waals surface area contributed by atoms with Crippen molar-refractivity contribution in [2.45, 2.75) is 0 Å².